The van der Waals surface area contributed by atoms with Crippen molar-refractivity contribution in [2.45, 2.75) is 4.90 Å². The highest BCUT2D eigenvalue weighted by atomic mass is 32.2. The van der Waals surface area contributed by atoms with Crippen LogP contribution in [0.25, 0.3) is 0 Å². The second kappa shape index (κ2) is 5.46. The molecule has 8 heteroatoms. The van der Waals surface area contributed by atoms with E-state index in [4.69, 9.17) is 5.26 Å². The van der Waals surface area contributed by atoms with Crippen LogP contribution in [0.15, 0.2) is 41.3 Å². The van der Waals surface area contributed by atoms with Crippen molar-refractivity contribution in [1.29, 1.82) is 5.26 Å². The summed E-state index contributed by atoms with van der Waals surface area (Å²) in [7, 11) is -4.59. The first-order valence-electron chi connectivity index (χ1n) is 5.51. The SMILES string of the molecule is N#Cc1cccc(NS(=O)(=O)c2c(F)cc(F)cc2F)c1. The molecule has 4 nitrogen and oxygen atoms in total. The van der Waals surface area contributed by atoms with E-state index >= 15 is 0 Å². The number of nitriles is 1. The van der Waals surface area contributed by atoms with Crippen molar-refractivity contribution in [3.8, 4) is 6.07 Å². The Labute approximate surface area is 118 Å². The molecular weight excluding hydrogens is 305 g/mol. The number of anilines is 1. The fourth-order valence-corrected chi connectivity index (χ4v) is 2.81. The number of sulfonamides is 1. The van der Waals surface area contributed by atoms with Crippen LogP contribution < -0.4 is 4.72 Å². The number of nitrogens with one attached hydrogen (secondary N) is 1. The van der Waals surface area contributed by atoms with Crippen LogP contribution in [0.5, 0.6) is 0 Å². The highest BCUT2D eigenvalue weighted by molar-refractivity contribution is 7.92. The van der Waals surface area contributed by atoms with Gasteiger partial charge < -0.3 is 0 Å². The van der Waals surface area contributed by atoms with Crippen LogP contribution in [0.1, 0.15) is 5.56 Å². The summed E-state index contributed by atoms with van der Waals surface area (Å²) >= 11 is 0. The fraction of sp³-hybridized carbons (Fsp3) is 0. The van der Waals surface area contributed by atoms with Gasteiger partial charge in [0, 0.05) is 12.1 Å². The molecule has 0 bridgehead atoms. The maximum atomic E-state index is 13.5. The van der Waals surface area contributed by atoms with E-state index in [1.165, 1.54) is 24.3 Å². The zero-order valence-corrected chi connectivity index (χ0v) is 11.1. The monoisotopic (exact) mass is 312 g/mol. The van der Waals surface area contributed by atoms with Gasteiger partial charge in [0.05, 0.1) is 17.3 Å². The molecule has 1 N–H and O–H groups in total. The minimum Gasteiger partial charge on any atom is -0.279 e. The second-order valence-electron chi connectivity index (χ2n) is 4.00. The quantitative estimate of drug-likeness (QED) is 0.947. The summed E-state index contributed by atoms with van der Waals surface area (Å²) in [5.41, 5.74) is 0.118. The zero-order chi connectivity index (χ0) is 15.6. The number of hydrogen-bond donors (Lipinski definition) is 1. The molecule has 0 aromatic heterocycles. The van der Waals surface area contributed by atoms with E-state index in [2.05, 4.69) is 0 Å². The summed E-state index contributed by atoms with van der Waals surface area (Å²) < 4.78 is 65.6. The van der Waals surface area contributed by atoms with E-state index in [9.17, 15) is 21.6 Å². The van der Waals surface area contributed by atoms with E-state index in [-0.39, 0.29) is 23.4 Å². The van der Waals surface area contributed by atoms with Gasteiger partial charge in [0.1, 0.15) is 17.5 Å². The van der Waals surface area contributed by atoms with Crippen molar-refractivity contribution in [3.63, 3.8) is 0 Å². The third-order valence-corrected chi connectivity index (χ3v) is 3.91. The molecule has 108 valence electrons. The Morgan fingerprint density at radius 2 is 1.67 bits per heavy atom. The number of benzene rings is 2. The van der Waals surface area contributed by atoms with Crippen LogP contribution in [-0.2, 0) is 10.0 Å². The van der Waals surface area contributed by atoms with Gasteiger partial charge in [-0.25, -0.2) is 21.6 Å². The van der Waals surface area contributed by atoms with Crippen molar-refractivity contribution in [2.75, 3.05) is 4.72 Å². The molecule has 0 unspecified atom stereocenters. The fourth-order valence-electron chi connectivity index (χ4n) is 1.64. The largest absolute Gasteiger partial charge is 0.279 e. The first-order valence-corrected chi connectivity index (χ1v) is 6.99. The van der Waals surface area contributed by atoms with Gasteiger partial charge in [0.15, 0.2) is 4.90 Å². The number of hydrogen-bond acceptors (Lipinski definition) is 3. The third kappa shape index (κ3) is 3.14. The van der Waals surface area contributed by atoms with Crippen LogP contribution in [-0.4, -0.2) is 8.42 Å². The van der Waals surface area contributed by atoms with Gasteiger partial charge in [-0.15, -0.1) is 0 Å². The Hall–Kier alpha value is -2.53. The van der Waals surface area contributed by atoms with Gasteiger partial charge in [-0.3, -0.25) is 4.72 Å². The summed E-state index contributed by atoms with van der Waals surface area (Å²) in [6, 6.07) is 7.64. The predicted octanol–water partition coefficient (Wildman–Crippen LogP) is 2.78. The maximum absolute atomic E-state index is 13.5. The highest BCUT2D eigenvalue weighted by Gasteiger charge is 2.25. The van der Waals surface area contributed by atoms with E-state index < -0.39 is 32.4 Å². The van der Waals surface area contributed by atoms with E-state index in [1.54, 1.807) is 6.07 Å². The summed E-state index contributed by atoms with van der Waals surface area (Å²) in [6.45, 7) is 0. The van der Waals surface area contributed by atoms with Crippen LogP contribution in [0, 0.1) is 28.8 Å². The van der Waals surface area contributed by atoms with Gasteiger partial charge in [0.2, 0.25) is 0 Å². The molecule has 0 amide bonds. The molecule has 0 radical (unpaired) electrons. The van der Waals surface area contributed by atoms with Gasteiger partial charge in [-0.2, -0.15) is 5.26 Å². The molecule has 0 aliphatic carbocycles. The second-order valence-corrected chi connectivity index (χ2v) is 5.62. The minimum atomic E-state index is -4.59. The first-order chi connectivity index (χ1) is 9.83. The molecule has 0 aliphatic rings. The molecule has 2 aromatic rings. The molecule has 0 aliphatic heterocycles. The van der Waals surface area contributed by atoms with Gasteiger partial charge in [-0.05, 0) is 18.2 Å². The van der Waals surface area contributed by atoms with Crippen LogP contribution in [0.4, 0.5) is 18.9 Å². The van der Waals surface area contributed by atoms with Crippen molar-refractivity contribution in [3.05, 3.63) is 59.4 Å². The van der Waals surface area contributed by atoms with Crippen molar-refractivity contribution < 1.29 is 21.6 Å². The Morgan fingerprint density at radius 1 is 1.05 bits per heavy atom. The standard InChI is InChI=1S/C13H7F3N2O2S/c14-9-5-11(15)13(12(16)6-9)21(19,20)18-10-3-1-2-8(4-10)7-17/h1-6,18H. The molecule has 0 saturated carbocycles. The van der Waals surface area contributed by atoms with Gasteiger partial charge in [0.25, 0.3) is 10.0 Å². The molecule has 0 spiro atoms. The summed E-state index contributed by atoms with van der Waals surface area (Å²) in [5, 5.41) is 8.71. The normalized spacial score (nSPS) is 11.0. The third-order valence-electron chi connectivity index (χ3n) is 2.48. The topological polar surface area (TPSA) is 70.0 Å². The Morgan fingerprint density at radius 3 is 2.24 bits per heavy atom. The molecule has 0 fully saturated rings. The molecular formula is C13H7F3N2O2S. The van der Waals surface area contributed by atoms with Gasteiger partial charge >= 0.3 is 0 Å². The Bertz CT molecular complexity index is 822. The lowest BCUT2D eigenvalue weighted by molar-refractivity contribution is 0.498. The zero-order valence-electron chi connectivity index (χ0n) is 10.3. The predicted molar refractivity (Wildman–Crippen MR) is 68.3 cm³/mol. The Kier molecular flexibility index (Phi) is 3.86. The summed E-state index contributed by atoms with van der Waals surface area (Å²) in [5.74, 6) is -4.32. The lowest BCUT2D eigenvalue weighted by atomic mass is 10.2. The highest BCUT2D eigenvalue weighted by Crippen LogP contribution is 2.23. The lowest BCUT2D eigenvalue weighted by Crippen LogP contribution is -2.16. The van der Waals surface area contributed by atoms with Crippen LogP contribution in [0.3, 0.4) is 0 Å². The first kappa shape index (κ1) is 14.9. The molecule has 2 rings (SSSR count). The maximum Gasteiger partial charge on any atom is 0.267 e. The molecule has 0 heterocycles. The van der Waals surface area contributed by atoms with E-state index in [0.29, 0.717) is 0 Å². The summed E-state index contributed by atoms with van der Waals surface area (Å²) in [6.07, 6.45) is 0. The van der Waals surface area contributed by atoms with E-state index in [1.807, 2.05) is 4.72 Å². The van der Waals surface area contributed by atoms with Crippen molar-refractivity contribution in [2.24, 2.45) is 0 Å². The summed E-state index contributed by atoms with van der Waals surface area (Å²) in [4.78, 5) is -1.29. The number of nitrogens with zero attached hydrogens (tertiary/aromatic N) is 1. The number of halogens is 3. The molecule has 0 atom stereocenters. The lowest BCUT2D eigenvalue weighted by Gasteiger charge is -2.10. The average molecular weight is 312 g/mol. The van der Waals surface area contributed by atoms with Crippen LogP contribution in [0.2, 0.25) is 0 Å². The smallest absolute Gasteiger partial charge is 0.267 e. The average Bonchev–Trinajstić information content (AvgIpc) is 2.36. The minimum absolute atomic E-state index is 0.0443. The molecule has 0 saturated heterocycles. The molecule has 21 heavy (non-hydrogen) atoms. The van der Waals surface area contributed by atoms with Gasteiger partial charge in [-0.1, -0.05) is 6.07 Å². The molecule has 2 aromatic carbocycles. The van der Waals surface area contributed by atoms with Crippen molar-refractivity contribution in [1.82, 2.24) is 0 Å². The van der Waals surface area contributed by atoms with E-state index in [0.717, 1.165) is 0 Å². The van der Waals surface area contributed by atoms with Crippen molar-refractivity contribution >= 4 is 15.7 Å². The van der Waals surface area contributed by atoms with Crippen LogP contribution >= 0.6 is 0 Å². The Balaban J connectivity index is 2.46. The number of rotatable bonds is 3.